The van der Waals surface area contributed by atoms with Crippen LogP contribution in [0.4, 0.5) is 22.9 Å². The molecule has 0 unspecified atom stereocenters. The Bertz CT molecular complexity index is 1570. The van der Waals surface area contributed by atoms with Gasteiger partial charge in [0.15, 0.2) is 11.5 Å². The standard InChI is InChI=1S/C30H28N6O2/c1-21-5-7-22(8-6-21)30(37)33-25-4-2-3-23(19-25)27-20-36-14-13-31-29(36)28(34-27)32-24-9-11-26(12-10-24)35-15-17-38-18-16-35/h2-14,19-20H,15-18H2,1H3,(H,32,34)(H,33,37). The Morgan fingerprint density at radius 1 is 0.947 bits per heavy atom. The molecule has 0 atom stereocenters. The fourth-order valence-electron chi connectivity index (χ4n) is 4.53. The Balaban J connectivity index is 1.25. The van der Waals surface area contributed by atoms with Crippen LogP contribution in [-0.2, 0) is 4.74 Å². The highest BCUT2D eigenvalue weighted by Gasteiger charge is 2.13. The summed E-state index contributed by atoms with van der Waals surface area (Å²) >= 11 is 0. The van der Waals surface area contributed by atoms with Gasteiger partial charge in [-0.25, -0.2) is 9.97 Å². The van der Waals surface area contributed by atoms with Gasteiger partial charge in [-0.2, -0.15) is 0 Å². The Hall–Kier alpha value is -4.69. The molecule has 0 radical (unpaired) electrons. The van der Waals surface area contributed by atoms with Gasteiger partial charge in [0.05, 0.1) is 18.9 Å². The summed E-state index contributed by atoms with van der Waals surface area (Å²) in [6, 6.07) is 23.5. The van der Waals surface area contributed by atoms with Gasteiger partial charge in [-0.15, -0.1) is 0 Å². The second kappa shape index (κ2) is 10.4. The highest BCUT2D eigenvalue weighted by Crippen LogP contribution is 2.27. The maximum Gasteiger partial charge on any atom is 0.255 e. The van der Waals surface area contributed by atoms with Crippen molar-refractivity contribution in [2.45, 2.75) is 6.92 Å². The minimum absolute atomic E-state index is 0.150. The average Bonchev–Trinajstić information content (AvgIpc) is 3.44. The van der Waals surface area contributed by atoms with Crippen LogP contribution in [0, 0.1) is 6.92 Å². The minimum atomic E-state index is -0.150. The third-order valence-corrected chi connectivity index (χ3v) is 6.61. The first kappa shape index (κ1) is 23.7. The summed E-state index contributed by atoms with van der Waals surface area (Å²) in [6.07, 6.45) is 5.60. The number of aromatic nitrogens is 3. The molecule has 0 bridgehead atoms. The Morgan fingerprint density at radius 2 is 1.74 bits per heavy atom. The van der Waals surface area contributed by atoms with Gasteiger partial charge in [0, 0.05) is 59.9 Å². The smallest absolute Gasteiger partial charge is 0.255 e. The van der Waals surface area contributed by atoms with Crippen LogP contribution in [0.1, 0.15) is 15.9 Å². The summed E-state index contributed by atoms with van der Waals surface area (Å²) in [4.78, 5) is 24.5. The van der Waals surface area contributed by atoms with Crippen molar-refractivity contribution in [3.63, 3.8) is 0 Å². The van der Waals surface area contributed by atoms with Crippen LogP contribution in [0.25, 0.3) is 16.9 Å². The van der Waals surface area contributed by atoms with Crippen LogP contribution < -0.4 is 15.5 Å². The number of imidazole rings is 1. The highest BCUT2D eigenvalue weighted by molar-refractivity contribution is 6.04. The predicted molar refractivity (Wildman–Crippen MR) is 150 cm³/mol. The van der Waals surface area contributed by atoms with Gasteiger partial charge in [0.1, 0.15) is 0 Å². The minimum Gasteiger partial charge on any atom is -0.378 e. The first-order chi connectivity index (χ1) is 18.6. The third kappa shape index (κ3) is 5.07. The monoisotopic (exact) mass is 504 g/mol. The molecular weight excluding hydrogens is 476 g/mol. The number of morpholine rings is 1. The number of rotatable bonds is 6. The fourth-order valence-corrected chi connectivity index (χ4v) is 4.53. The van der Waals surface area contributed by atoms with Crippen LogP contribution >= 0.6 is 0 Å². The number of hydrogen-bond acceptors (Lipinski definition) is 6. The first-order valence-electron chi connectivity index (χ1n) is 12.6. The summed E-state index contributed by atoms with van der Waals surface area (Å²) in [7, 11) is 0. The molecule has 1 fully saturated rings. The van der Waals surface area contributed by atoms with Gasteiger partial charge in [-0.3, -0.25) is 4.79 Å². The van der Waals surface area contributed by atoms with E-state index in [4.69, 9.17) is 9.72 Å². The van der Waals surface area contributed by atoms with E-state index >= 15 is 0 Å². The molecule has 3 heterocycles. The number of amides is 1. The van der Waals surface area contributed by atoms with Gasteiger partial charge in [-0.05, 0) is 55.5 Å². The van der Waals surface area contributed by atoms with Crippen LogP contribution in [0.5, 0.6) is 0 Å². The van der Waals surface area contributed by atoms with Crippen LogP contribution in [0.15, 0.2) is 91.4 Å². The summed E-state index contributed by atoms with van der Waals surface area (Å²) in [5.41, 5.74) is 6.91. The topological polar surface area (TPSA) is 83.8 Å². The van der Waals surface area contributed by atoms with Gasteiger partial charge in [0.25, 0.3) is 5.91 Å². The molecule has 0 saturated carbocycles. The average molecular weight is 505 g/mol. The van der Waals surface area contributed by atoms with Crippen molar-refractivity contribution in [2.24, 2.45) is 0 Å². The lowest BCUT2D eigenvalue weighted by Gasteiger charge is -2.28. The van der Waals surface area contributed by atoms with E-state index in [0.717, 1.165) is 54.5 Å². The third-order valence-electron chi connectivity index (χ3n) is 6.61. The van der Waals surface area contributed by atoms with E-state index in [1.807, 2.05) is 72.2 Å². The molecule has 0 spiro atoms. The van der Waals surface area contributed by atoms with Gasteiger partial charge in [-0.1, -0.05) is 29.8 Å². The molecule has 38 heavy (non-hydrogen) atoms. The normalized spacial score (nSPS) is 13.4. The summed E-state index contributed by atoms with van der Waals surface area (Å²) in [5.74, 6) is 0.503. The summed E-state index contributed by atoms with van der Waals surface area (Å²) in [6.45, 7) is 5.31. The van der Waals surface area contributed by atoms with Crippen molar-refractivity contribution >= 4 is 34.4 Å². The second-order valence-electron chi connectivity index (χ2n) is 9.31. The Kier molecular flexibility index (Phi) is 6.46. The molecule has 3 aromatic carbocycles. The van der Waals surface area contributed by atoms with Crippen molar-refractivity contribution in [1.29, 1.82) is 0 Å². The lowest BCUT2D eigenvalue weighted by atomic mass is 10.1. The van der Waals surface area contributed by atoms with E-state index in [1.54, 1.807) is 6.20 Å². The van der Waals surface area contributed by atoms with Crippen LogP contribution in [-0.4, -0.2) is 46.6 Å². The van der Waals surface area contributed by atoms with Gasteiger partial charge >= 0.3 is 0 Å². The molecule has 1 aliphatic rings. The Labute approximate surface area is 220 Å². The molecule has 0 aliphatic carbocycles. The molecule has 190 valence electrons. The van der Waals surface area contributed by atoms with E-state index in [-0.39, 0.29) is 5.91 Å². The maximum absolute atomic E-state index is 12.7. The Morgan fingerprint density at radius 3 is 2.53 bits per heavy atom. The quantitative estimate of drug-likeness (QED) is 0.316. The van der Waals surface area contributed by atoms with Crippen molar-refractivity contribution in [3.05, 3.63) is 103 Å². The number of nitrogens with one attached hydrogen (secondary N) is 2. The molecule has 6 rings (SSSR count). The fraction of sp³-hybridized carbons (Fsp3) is 0.167. The van der Waals surface area contributed by atoms with Gasteiger partial charge in [0.2, 0.25) is 0 Å². The van der Waals surface area contributed by atoms with Crippen molar-refractivity contribution in [3.8, 4) is 11.3 Å². The highest BCUT2D eigenvalue weighted by atomic mass is 16.5. The molecule has 2 aromatic heterocycles. The summed E-state index contributed by atoms with van der Waals surface area (Å²) in [5, 5.41) is 6.43. The molecule has 8 nitrogen and oxygen atoms in total. The van der Waals surface area contributed by atoms with E-state index in [1.165, 1.54) is 5.69 Å². The molecular formula is C30H28N6O2. The van der Waals surface area contributed by atoms with E-state index in [2.05, 4.69) is 44.8 Å². The number of benzene rings is 3. The number of carbonyl (C=O) groups is 1. The lowest BCUT2D eigenvalue weighted by Crippen LogP contribution is -2.36. The molecule has 1 aliphatic heterocycles. The molecule has 5 aromatic rings. The number of hydrogen-bond donors (Lipinski definition) is 2. The second-order valence-corrected chi connectivity index (χ2v) is 9.31. The number of fused-ring (bicyclic) bond motifs is 1. The molecule has 1 saturated heterocycles. The van der Waals surface area contributed by atoms with Crippen molar-refractivity contribution in [2.75, 3.05) is 41.8 Å². The lowest BCUT2D eigenvalue weighted by molar-refractivity contribution is 0.102. The summed E-state index contributed by atoms with van der Waals surface area (Å²) < 4.78 is 7.41. The van der Waals surface area contributed by atoms with Crippen LogP contribution in [0.3, 0.4) is 0 Å². The van der Waals surface area contributed by atoms with E-state index in [9.17, 15) is 4.79 Å². The number of aryl methyl sites for hydroxylation is 1. The zero-order valence-electron chi connectivity index (χ0n) is 21.1. The number of ether oxygens (including phenoxy) is 1. The maximum atomic E-state index is 12.7. The zero-order valence-corrected chi connectivity index (χ0v) is 21.1. The number of carbonyl (C=O) groups excluding carboxylic acids is 1. The molecule has 2 N–H and O–H groups in total. The molecule has 8 heteroatoms. The van der Waals surface area contributed by atoms with Gasteiger partial charge < -0.3 is 24.7 Å². The predicted octanol–water partition coefficient (Wildman–Crippen LogP) is 5.54. The van der Waals surface area contributed by atoms with E-state index in [0.29, 0.717) is 17.1 Å². The van der Waals surface area contributed by atoms with Crippen LogP contribution in [0.2, 0.25) is 0 Å². The van der Waals surface area contributed by atoms with Crippen molar-refractivity contribution in [1.82, 2.24) is 14.4 Å². The van der Waals surface area contributed by atoms with E-state index < -0.39 is 0 Å². The largest absolute Gasteiger partial charge is 0.378 e. The number of anilines is 4. The molecule has 1 amide bonds. The SMILES string of the molecule is Cc1ccc(C(=O)Nc2cccc(-c3cn4ccnc4c(Nc4ccc(N5CCOCC5)cc4)n3)c2)cc1. The zero-order chi connectivity index (χ0) is 25.9. The van der Waals surface area contributed by atoms with Crippen molar-refractivity contribution < 1.29 is 9.53 Å². The number of nitrogens with zero attached hydrogens (tertiary/aromatic N) is 4. The first-order valence-corrected chi connectivity index (χ1v) is 12.6.